The summed E-state index contributed by atoms with van der Waals surface area (Å²) in [5.74, 6) is 0.915. The number of imidazole rings is 1. The maximum absolute atomic E-state index is 11.1. The fourth-order valence-corrected chi connectivity index (χ4v) is 5.37. The lowest BCUT2D eigenvalue weighted by Crippen LogP contribution is -2.38. The maximum atomic E-state index is 11.1. The normalized spacial score (nSPS) is 11.5. The quantitative estimate of drug-likeness (QED) is 0.190. The number of hydrogen-bond donors (Lipinski definition) is 0. The van der Waals surface area contributed by atoms with Crippen LogP contribution in [0, 0.1) is 6.92 Å². The summed E-state index contributed by atoms with van der Waals surface area (Å²) in [6.07, 6.45) is 2.51. The number of aryl methyl sites for hydroxylation is 1. The van der Waals surface area contributed by atoms with Crippen molar-refractivity contribution in [1.82, 2.24) is 14.5 Å². The van der Waals surface area contributed by atoms with Crippen LogP contribution in [0.2, 0.25) is 0 Å². The largest absolute Gasteiger partial charge is 0.309 e. The SMILES string of the molecule is Cc1nc2ccc(-c3ccc(C=O)nc3)cc2n1C(c1ccccc1)(c1ccccc1)c1ccccc1. The molecule has 2 heterocycles. The van der Waals surface area contributed by atoms with Gasteiger partial charge in [0.25, 0.3) is 0 Å². The molecular weight excluding hydrogens is 454 g/mol. The molecule has 0 saturated carbocycles. The maximum Gasteiger partial charge on any atom is 0.168 e. The third-order valence-electron chi connectivity index (χ3n) is 6.97. The Balaban J connectivity index is 1.72. The molecule has 37 heavy (non-hydrogen) atoms. The number of pyridine rings is 1. The van der Waals surface area contributed by atoms with Crippen LogP contribution in [0.4, 0.5) is 0 Å². The number of hydrogen-bond acceptors (Lipinski definition) is 3. The first kappa shape index (κ1) is 22.6. The van der Waals surface area contributed by atoms with Crippen molar-refractivity contribution in [1.29, 1.82) is 0 Å². The van der Waals surface area contributed by atoms with E-state index in [0.717, 1.165) is 51.0 Å². The van der Waals surface area contributed by atoms with Crippen LogP contribution in [0.5, 0.6) is 0 Å². The first-order chi connectivity index (χ1) is 18.2. The van der Waals surface area contributed by atoms with Crippen molar-refractivity contribution in [2.75, 3.05) is 0 Å². The Labute approximate surface area is 215 Å². The van der Waals surface area contributed by atoms with Crippen LogP contribution in [-0.4, -0.2) is 20.8 Å². The van der Waals surface area contributed by atoms with Crippen LogP contribution in [0.25, 0.3) is 22.2 Å². The second-order valence-electron chi connectivity index (χ2n) is 9.10. The van der Waals surface area contributed by atoms with Crippen molar-refractivity contribution in [2.45, 2.75) is 12.5 Å². The van der Waals surface area contributed by atoms with Crippen molar-refractivity contribution in [3.05, 3.63) is 156 Å². The number of aromatic nitrogens is 3. The second kappa shape index (κ2) is 9.32. The van der Waals surface area contributed by atoms with E-state index in [2.05, 4.69) is 126 Å². The van der Waals surface area contributed by atoms with E-state index in [1.807, 2.05) is 6.07 Å². The number of aldehydes is 1. The highest BCUT2D eigenvalue weighted by molar-refractivity contribution is 5.84. The van der Waals surface area contributed by atoms with Gasteiger partial charge in [0, 0.05) is 11.8 Å². The van der Waals surface area contributed by atoms with Gasteiger partial charge < -0.3 is 4.57 Å². The smallest absolute Gasteiger partial charge is 0.168 e. The molecule has 0 bridgehead atoms. The van der Waals surface area contributed by atoms with E-state index in [1.165, 1.54) is 0 Å². The van der Waals surface area contributed by atoms with Crippen LogP contribution in [0.3, 0.4) is 0 Å². The van der Waals surface area contributed by atoms with E-state index in [-0.39, 0.29) is 0 Å². The Morgan fingerprint density at radius 3 is 1.70 bits per heavy atom. The van der Waals surface area contributed by atoms with Crippen LogP contribution in [0.15, 0.2) is 128 Å². The molecule has 0 atom stereocenters. The summed E-state index contributed by atoms with van der Waals surface area (Å²) < 4.78 is 2.36. The van der Waals surface area contributed by atoms with Crippen molar-refractivity contribution in [3.8, 4) is 11.1 Å². The molecule has 0 N–H and O–H groups in total. The number of rotatable bonds is 6. The van der Waals surface area contributed by atoms with Crippen molar-refractivity contribution in [2.24, 2.45) is 0 Å². The van der Waals surface area contributed by atoms with E-state index >= 15 is 0 Å². The standard InChI is InChI=1S/C33H25N3O/c1-24-35-31-20-18-25(26-17-19-30(23-37)34-22-26)21-32(31)36(24)33(27-11-5-2-6-12-27,28-13-7-3-8-14-28)29-15-9-4-10-16-29/h2-23H,1H3. The predicted molar refractivity (Wildman–Crippen MR) is 148 cm³/mol. The minimum atomic E-state index is -0.652. The average molecular weight is 480 g/mol. The molecule has 6 rings (SSSR count). The average Bonchev–Trinajstić information content (AvgIpc) is 3.30. The lowest BCUT2D eigenvalue weighted by Gasteiger charge is -2.39. The van der Waals surface area contributed by atoms with E-state index in [9.17, 15) is 4.79 Å². The molecule has 0 fully saturated rings. The van der Waals surface area contributed by atoms with Gasteiger partial charge in [-0.1, -0.05) is 103 Å². The summed E-state index contributed by atoms with van der Waals surface area (Å²) in [5, 5.41) is 0. The zero-order chi connectivity index (χ0) is 25.2. The molecule has 0 radical (unpaired) electrons. The van der Waals surface area contributed by atoms with Crippen LogP contribution in [-0.2, 0) is 5.54 Å². The van der Waals surface area contributed by atoms with Crippen molar-refractivity contribution < 1.29 is 4.79 Å². The zero-order valence-electron chi connectivity index (χ0n) is 20.5. The fourth-order valence-electron chi connectivity index (χ4n) is 5.37. The Morgan fingerprint density at radius 2 is 1.22 bits per heavy atom. The Hall–Kier alpha value is -4.83. The van der Waals surface area contributed by atoms with E-state index < -0.39 is 5.54 Å². The molecular formula is C33H25N3O. The molecule has 0 unspecified atom stereocenters. The number of carbonyl (C=O) groups excluding carboxylic acids is 1. The van der Waals surface area contributed by atoms with Gasteiger partial charge in [0.1, 0.15) is 17.1 Å². The highest BCUT2D eigenvalue weighted by Gasteiger charge is 2.40. The molecule has 178 valence electrons. The molecule has 6 aromatic rings. The molecule has 0 aliphatic carbocycles. The molecule has 0 saturated heterocycles. The van der Waals surface area contributed by atoms with Gasteiger partial charge in [0.05, 0.1) is 11.0 Å². The number of carbonyl (C=O) groups is 1. The zero-order valence-corrected chi connectivity index (χ0v) is 20.5. The molecule has 0 amide bonds. The summed E-state index contributed by atoms with van der Waals surface area (Å²) in [4.78, 5) is 20.4. The lowest BCUT2D eigenvalue weighted by atomic mass is 9.76. The highest BCUT2D eigenvalue weighted by atomic mass is 16.1. The first-order valence-corrected chi connectivity index (χ1v) is 12.3. The van der Waals surface area contributed by atoms with E-state index in [0.29, 0.717) is 5.69 Å². The van der Waals surface area contributed by atoms with Crippen LogP contribution < -0.4 is 0 Å². The van der Waals surface area contributed by atoms with Gasteiger partial charge in [-0.05, 0) is 47.4 Å². The third-order valence-corrected chi connectivity index (χ3v) is 6.97. The van der Waals surface area contributed by atoms with Gasteiger partial charge >= 0.3 is 0 Å². The summed E-state index contributed by atoms with van der Waals surface area (Å²) in [7, 11) is 0. The monoisotopic (exact) mass is 479 g/mol. The van der Waals surface area contributed by atoms with Gasteiger partial charge in [-0.25, -0.2) is 4.98 Å². The van der Waals surface area contributed by atoms with Crippen molar-refractivity contribution >= 4 is 17.3 Å². The van der Waals surface area contributed by atoms with E-state index in [1.54, 1.807) is 12.3 Å². The number of benzene rings is 4. The second-order valence-corrected chi connectivity index (χ2v) is 9.10. The van der Waals surface area contributed by atoms with Crippen LogP contribution in [0.1, 0.15) is 33.0 Å². The lowest BCUT2D eigenvalue weighted by molar-refractivity contribution is 0.111. The Bertz CT molecular complexity index is 1580. The third kappa shape index (κ3) is 3.74. The van der Waals surface area contributed by atoms with Gasteiger partial charge in [0.15, 0.2) is 6.29 Å². The van der Waals surface area contributed by atoms with Gasteiger partial charge in [-0.15, -0.1) is 0 Å². The van der Waals surface area contributed by atoms with Gasteiger partial charge in [-0.2, -0.15) is 0 Å². The van der Waals surface area contributed by atoms with Crippen LogP contribution >= 0.6 is 0 Å². The van der Waals surface area contributed by atoms with E-state index in [4.69, 9.17) is 4.98 Å². The van der Waals surface area contributed by atoms with Gasteiger partial charge in [-0.3, -0.25) is 9.78 Å². The summed E-state index contributed by atoms with van der Waals surface area (Å²) in [6, 6.07) is 41.9. The molecule has 4 nitrogen and oxygen atoms in total. The fraction of sp³-hybridized carbons (Fsp3) is 0.0606. The molecule has 4 heteroatoms. The molecule has 0 spiro atoms. The summed E-state index contributed by atoms with van der Waals surface area (Å²) in [6.45, 7) is 2.07. The molecule has 4 aromatic carbocycles. The predicted octanol–water partition coefficient (Wildman–Crippen LogP) is 7.06. The molecule has 0 aliphatic heterocycles. The topological polar surface area (TPSA) is 47.8 Å². The minimum Gasteiger partial charge on any atom is -0.309 e. The Kier molecular flexibility index (Phi) is 5.70. The minimum absolute atomic E-state index is 0.418. The first-order valence-electron chi connectivity index (χ1n) is 12.3. The Morgan fingerprint density at radius 1 is 0.676 bits per heavy atom. The van der Waals surface area contributed by atoms with Gasteiger partial charge in [0.2, 0.25) is 0 Å². The number of fused-ring (bicyclic) bond motifs is 1. The molecule has 2 aromatic heterocycles. The van der Waals surface area contributed by atoms with Crippen molar-refractivity contribution in [3.63, 3.8) is 0 Å². The molecule has 0 aliphatic rings. The summed E-state index contributed by atoms with van der Waals surface area (Å²) in [5.41, 5.74) is 7.12. The highest BCUT2D eigenvalue weighted by Crippen LogP contribution is 2.44. The summed E-state index contributed by atoms with van der Waals surface area (Å²) >= 11 is 0. The number of nitrogens with zero attached hydrogens (tertiary/aromatic N) is 3.